The van der Waals surface area contributed by atoms with Gasteiger partial charge in [-0.25, -0.2) is 0 Å². The van der Waals surface area contributed by atoms with Gasteiger partial charge in [-0.05, 0) is 23.1 Å². The van der Waals surface area contributed by atoms with E-state index in [1.54, 1.807) is 0 Å². The zero-order valence-corrected chi connectivity index (χ0v) is 21.6. The summed E-state index contributed by atoms with van der Waals surface area (Å²) < 4.78 is 25.4. The summed E-state index contributed by atoms with van der Waals surface area (Å²) in [5, 5.41) is 19.1. The van der Waals surface area contributed by atoms with Gasteiger partial charge in [0.2, 0.25) is 0 Å². The van der Waals surface area contributed by atoms with Gasteiger partial charge in [-0.2, -0.15) is 0 Å². The normalized spacial score (nSPS) is 22.8. The number of benzene rings is 3. The van der Waals surface area contributed by atoms with Gasteiger partial charge in [0.05, 0.1) is 38.4 Å². The van der Waals surface area contributed by atoms with Crippen molar-refractivity contribution in [2.45, 2.75) is 69.6 Å². The van der Waals surface area contributed by atoms with Crippen LogP contribution < -0.4 is 0 Å². The van der Waals surface area contributed by atoms with E-state index >= 15 is 0 Å². The topological polar surface area (TPSA) is 112 Å². The van der Waals surface area contributed by atoms with Gasteiger partial charge in [0.15, 0.2) is 0 Å². The number of aliphatic carboxylic acids is 2. The molecule has 0 unspecified atom stereocenters. The SMILES string of the molecule is O=C(O)CC[C@H]1O[C@H](CC(=O)O)[C@H](OCc2ccccc2)[C@@H](OCc2ccccc2)[C@@H]1OCc1ccccc1. The number of carbonyl (C=O) groups is 2. The Morgan fingerprint density at radius 3 is 1.41 bits per heavy atom. The maximum absolute atomic E-state index is 11.8. The van der Waals surface area contributed by atoms with Gasteiger partial charge in [-0.15, -0.1) is 0 Å². The van der Waals surface area contributed by atoms with Crippen molar-refractivity contribution in [3.05, 3.63) is 108 Å². The van der Waals surface area contributed by atoms with Crippen molar-refractivity contribution in [2.24, 2.45) is 0 Å². The zero-order valence-electron chi connectivity index (χ0n) is 21.6. The Kier molecular flexibility index (Phi) is 10.6. The van der Waals surface area contributed by atoms with Crippen LogP contribution in [0.4, 0.5) is 0 Å². The lowest BCUT2D eigenvalue weighted by molar-refractivity contribution is -0.267. The Labute approximate surface area is 228 Å². The molecule has 3 aromatic rings. The largest absolute Gasteiger partial charge is 0.481 e. The van der Waals surface area contributed by atoms with E-state index < -0.39 is 42.5 Å². The molecule has 1 saturated heterocycles. The van der Waals surface area contributed by atoms with Crippen LogP contribution in [0.15, 0.2) is 91.0 Å². The van der Waals surface area contributed by atoms with E-state index in [0.29, 0.717) is 0 Å². The molecule has 2 N–H and O–H groups in total. The average Bonchev–Trinajstić information content (AvgIpc) is 2.95. The van der Waals surface area contributed by atoms with Crippen LogP contribution >= 0.6 is 0 Å². The second-order valence-electron chi connectivity index (χ2n) is 9.53. The Morgan fingerprint density at radius 1 is 0.590 bits per heavy atom. The maximum Gasteiger partial charge on any atom is 0.306 e. The van der Waals surface area contributed by atoms with Crippen LogP contribution in [0.25, 0.3) is 0 Å². The smallest absolute Gasteiger partial charge is 0.306 e. The molecule has 0 bridgehead atoms. The summed E-state index contributed by atoms with van der Waals surface area (Å²) in [7, 11) is 0. The first-order valence-corrected chi connectivity index (χ1v) is 13.0. The van der Waals surface area contributed by atoms with Crippen molar-refractivity contribution < 1.29 is 38.7 Å². The van der Waals surface area contributed by atoms with E-state index in [2.05, 4.69) is 0 Å². The molecule has 3 aromatic carbocycles. The highest BCUT2D eigenvalue weighted by molar-refractivity contribution is 5.67. The summed E-state index contributed by atoms with van der Waals surface area (Å²) in [5.74, 6) is -2.02. The van der Waals surface area contributed by atoms with Crippen LogP contribution in [0, 0.1) is 0 Å². The quantitative estimate of drug-likeness (QED) is 0.302. The Hall–Kier alpha value is -3.56. The zero-order chi connectivity index (χ0) is 27.5. The van der Waals surface area contributed by atoms with E-state index in [4.69, 9.17) is 18.9 Å². The molecule has 8 nitrogen and oxygen atoms in total. The highest BCUT2D eigenvalue weighted by Crippen LogP contribution is 2.33. The molecule has 39 heavy (non-hydrogen) atoms. The van der Waals surface area contributed by atoms with E-state index in [-0.39, 0.29) is 39.1 Å². The van der Waals surface area contributed by atoms with Crippen molar-refractivity contribution in [3.63, 3.8) is 0 Å². The lowest BCUT2D eigenvalue weighted by Crippen LogP contribution is -2.60. The Morgan fingerprint density at radius 2 is 1.00 bits per heavy atom. The van der Waals surface area contributed by atoms with Crippen LogP contribution in [0.3, 0.4) is 0 Å². The third-order valence-corrected chi connectivity index (χ3v) is 6.60. The monoisotopic (exact) mass is 534 g/mol. The summed E-state index contributed by atoms with van der Waals surface area (Å²) in [6.45, 7) is 0.716. The average molecular weight is 535 g/mol. The molecule has 0 saturated carbocycles. The van der Waals surface area contributed by atoms with E-state index in [1.807, 2.05) is 91.0 Å². The van der Waals surface area contributed by atoms with Crippen LogP contribution in [-0.4, -0.2) is 52.7 Å². The molecule has 0 radical (unpaired) electrons. The predicted molar refractivity (Wildman–Crippen MR) is 143 cm³/mol. The summed E-state index contributed by atoms with van der Waals surface area (Å²) in [6, 6.07) is 28.8. The van der Waals surface area contributed by atoms with Crippen LogP contribution in [-0.2, 0) is 48.4 Å². The number of hydrogen-bond acceptors (Lipinski definition) is 6. The van der Waals surface area contributed by atoms with Crippen molar-refractivity contribution in [1.29, 1.82) is 0 Å². The van der Waals surface area contributed by atoms with Gasteiger partial charge in [-0.3, -0.25) is 9.59 Å². The molecule has 4 rings (SSSR count). The molecule has 1 heterocycles. The van der Waals surface area contributed by atoms with E-state index in [1.165, 1.54) is 0 Å². The van der Waals surface area contributed by atoms with Gasteiger partial charge in [-0.1, -0.05) is 91.0 Å². The second kappa shape index (κ2) is 14.6. The molecular formula is C31H34O8. The summed E-state index contributed by atoms with van der Waals surface area (Å²) in [5.41, 5.74) is 2.79. The standard InChI is InChI=1S/C31H34O8/c32-27(33)17-16-25-29(36-19-22-10-4-1-5-11-22)31(38-21-24-14-8-3-9-15-24)30(26(39-25)18-28(34)35)37-20-23-12-6-2-7-13-23/h1-15,25-26,29-31H,16-21H2,(H,32,33)(H,34,35)/t25-,26-,29-,30+,31+/m1/s1. The molecule has 0 aromatic heterocycles. The molecular weight excluding hydrogens is 500 g/mol. The Bertz CT molecular complexity index is 1150. The summed E-state index contributed by atoms with van der Waals surface area (Å²) in [4.78, 5) is 23.3. The molecule has 1 aliphatic rings. The number of ether oxygens (including phenoxy) is 4. The highest BCUT2D eigenvalue weighted by atomic mass is 16.6. The minimum Gasteiger partial charge on any atom is -0.481 e. The van der Waals surface area contributed by atoms with Gasteiger partial charge >= 0.3 is 11.9 Å². The maximum atomic E-state index is 11.8. The Balaban J connectivity index is 1.64. The summed E-state index contributed by atoms with van der Waals surface area (Å²) in [6.07, 6.45) is -4.08. The van der Waals surface area contributed by atoms with Gasteiger partial charge < -0.3 is 29.2 Å². The number of carboxylic acids is 2. The van der Waals surface area contributed by atoms with Crippen molar-refractivity contribution in [1.82, 2.24) is 0 Å². The summed E-state index contributed by atoms with van der Waals surface area (Å²) >= 11 is 0. The predicted octanol–water partition coefficient (Wildman–Crippen LogP) is 4.85. The van der Waals surface area contributed by atoms with Crippen molar-refractivity contribution in [3.8, 4) is 0 Å². The molecule has 206 valence electrons. The first kappa shape index (κ1) is 28.4. The fourth-order valence-electron chi connectivity index (χ4n) is 4.72. The molecule has 0 aliphatic carbocycles. The van der Waals surface area contributed by atoms with Gasteiger partial charge in [0.25, 0.3) is 0 Å². The number of rotatable bonds is 14. The van der Waals surface area contributed by atoms with E-state index in [9.17, 15) is 19.8 Å². The minimum absolute atomic E-state index is 0.140. The molecule has 8 heteroatoms. The van der Waals surface area contributed by atoms with E-state index in [0.717, 1.165) is 16.7 Å². The minimum atomic E-state index is -1.05. The number of carboxylic acid groups (broad SMARTS) is 2. The van der Waals surface area contributed by atoms with Crippen molar-refractivity contribution in [2.75, 3.05) is 0 Å². The van der Waals surface area contributed by atoms with Crippen LogP contribution in [0.2, 0.25) is 0 Å². The van der Waals surface area contributed by atoms with Gasteiger partial charge in [0.1, 0.15) is 18.3 Å². The molecule has 5 atom stereocenters. The highest BCUT2D eigenvalue weighted by Gasteiger charge is 2.48. The third-order valence-electron chi connectivity index (χ3n) is 6.60. The first-order chi connectivity index (χ1) is 19.0. The fourth-order valence-corrected chi connectivity index (χ4v) is 4.72. The lowest BCUT2D eigenvalue weighted by atomic mass is 9.90. The second-order valence-corrected chi connectivity index (χ2v) is 9.53. The third kappa shape index (κ3) is 8.73. The molecule has 0 amide bonds. The van der Waals surface area contributed by atoms with Crippen LogP contribution in [0.1, 0.15) is 36.0 Å². The van der Waals surface area contributed by atoms with Crippen LogP contribution in [0.5, 0.6) is 0 Å². The lowest BCUT2D eigenvalue weighted by Gasteiger charge is -2.46. The first-order valence-electron chi connectivity index (χ1n) is 13.0. The van der Waals surface area contributed by atoms with Crippen molar-refractivity contribution >= 4 is 11.9 Å². The number of hydrogen-bond donors (Lipinski definition) is 2. The fraction of sp³-hybridized carbons (Fsp3) is 0.355. The molecule has 0 spiro atoms. The molecule has 1 aliphatic heterocycles. The molecule has 1 fully saturated rings. The van der Waals surface area contributed by atoms with Gasteiger partial charge in [0, 0.05) is 6.42 Å².